The fourth-order valence-corrected chi connectivity index (χ4v) is 1.28. The van der Waals surface area contributed by atoms with Crippen molar-refractivity contribution in [1.82, 2.24) is 0 Å². The van der Waals surface area contributed by atoms with Gasteiger partial charge in [-0.15, -0.1) is 0 Å². The van der Waals surface area contributed by atoms with Gasteiger partial charge in [0.25, 0.3) is 0 Å². The highest BCUT2D eigenvalue weighted by atomic mass is 35.5. The zero-order chi connectivity index (χ0) is 10.0. The van der Waals surface area contributed by atoms with Crippen LogP contribution in [0.15, 0.2) is 18.2 Å². The fourth-order valence-electron chi connectivity index (χ4n) is 0.865. The quantitative estimate of drug-likeness (QED) is 0.803. The molecule has 0 unspecified atom stereocenters. The fraction of sp³-hybridized carbons (Fsp3) is 0.125. The first kappa shape index (κ1) is 10.3. The number of hydrogen-bond acceptors (Lipinski definition) is 2. The van der Waals surface area contributed by atoms with Crippen LogP contribution in [0.25, 0.3) is 0 Å². The molecule has 0 saturated heterocycles. The van der Waals surface area contributed by atoms with Crippen LogP contribution in [0.3, 0.4) is 0 Å². The number of hydrogen-bond donors (Lipinski definition) is 2. The van der Waals surface area contributed by atoms with Gasteiger partial charge in [-0.2, -0.15) is 0 Å². The summed E-state index contributed by atoms with van der Waals surface area (Å²) in [6.45, 7) is 0. The molecule has 70 valence electrons. The molecule has 1 rings (SSSR count). The average molecular weight is 221 g/mol. The SMILES string of the molecule is O=C(O)[C@H](O)c1cccc(Cl)c1Cl. The summed E-state index contributed by atoms with van der Waals surface area (Å²) in [6, 6.07) is 4.45. The Morgan fingerprint density at radius 2 is 2.00 bits per heavy atom. The lowest BCUT2D eigenvalue weighted by Gasteiger charge is -2.08. The zero-order valence-corrected chi connectivity index (χ0v) is 7.88. The van der Waals surface area contributed by atoms with E-state index in [1.54, 1.807) is 0 Å². The number of aliphatic hydroxyl groups is 1. The van der Waals surface area contributed by atoms with Crippen molar-refractivity contribution < 1.29 is 15.0 Å². The summed E-state index contributed by atoms with van der Waals surface area (Å²) in [5.74, 6) is -1.36. The van der Waals surface area contributed by atoms with Crippen LogP contribution in [-0.4, -0.2) is 16.2 Å². The molecular formula is C8H6Cl2O3. The van der Waals surface area contributed by atoms with Crippen LogP contribution in [0.4, 0.5) is 0 Å². The van der Waals surface area contributed by atoms with Gasteiger partial charge in [0.2, 0.25) is 0 Å². The Morgan fingerprint density at radius 3 is 2.54 bits per heavy atom. The summed E-state index contributed by atoms with van der Waals surface area (Å²) in [4.78, 5) is 10.4. The van der Waals surface area contributed by atoms with Crippen molar-refractivity contribution in [2.24, 2.45) is 0 Å². The lowest BCUT2D eigenvalue weighted by molar-refractivity contribution is -0.146. The van der Waals surface area contributed by atoms with Crippen LogP contribution in [0.1, 0.15) is 11.7 Å². The van der Waals surface area contributed by atoms with Crippen LogP contribution in [-0.2, 0) is 4.79 Å². The maximum atomic E-state index is 10.4. The minimum atomic E-state index is -1.63. The van der Waals surface area contributed by atoms with E-state index in [1.807, 2.05) is 0 Å². The summed E-state index contributed by atoms with van der Waals surface area (Å²) in [5.41, 5.74) is 0.0988. The van der Waals surface area contributed by atoms with Crippen LogP contribution >= 0.6 is 23.2 Å². The number of carboxylic acids is 1. The van der Waals surface area contributed by atoms with Gasteiger partial charge in [0, 0.05) is 5.56 Å². The third-order valence-corrected chi connectivity index (χ3v) is 2.34. The molecule has 2 N–H and O–H groups in total. The van der Waals surface area contributed by atoms with E-state index >= 15 is 0 Å². The van der Waals surface area contributed by atoms with Gasteiger partial charge in [0.1, 0.15) is 0 Å². The predicted octanol–water partition coefficient (Wildman–Crippen LogP) is 2.11. The Morgan fingerprint density at radius 1 is 1.38 bits per heavy atom. The summed E-state index contributed by atoms with van der Waals surface area (Å²) in [7, 11) is 0. The average Bonchev–Trinajstić information content (AvgIpc) is 2.08. The minimum Gasteiger partial charge on any atom is -0.479 e. The van der Waals surface area contributed by atoms with E-state index in [0.717, 1.165) is 0 Å². The number of halogens is 2. The first-order valence-corrected chi connectivity index (χ1v) is 4.14. The Hall–Kier alpha value is -0.770. The molecule has 0 spiro atoms. The van der Waals surface area contributed by atoms with Gasteiger partial charge in [-0.25, -0.2) is 4.79 Å². The maximum Gasteiger partial charge on any atom is 0.337 e. The van der Waals surface area contributed by atoms with E-state index in [-0.39, 0.29) is 15.6 Å². The second-order valence-corrected chi connectivity index (χ2v) is 3.17. The molecule has 1 atom stereocenters. The van der Waals surface area contributed by atoms with Crippen molar-refractivity contribution in [3.05, 3.63) is 33.8 Å². The third kappa shape index (κ3) is 2.12. The smallest absolute Gasteiger partial charge is 0.337 e. The standard InChI is InChI=1S/C8H6Cl2O3/c9-5-3-1-2-4(6(5)10)7(11)8(12)13/h1-3,7,11H,(H,12,13)/t7-/m1/s1. The second-order valence-electron chi connectivity index (χ2n) is 2.38. The Balaban J connectivity index is 3.15. The van der Waals surface area contributed by atoms with E-state index < -0.39 is 12.1 Å². The van der Waals surface area contributed by atoms with Gasteiger partial charge in [-0.05, 0) is 6.07 Å². The number of aliphatic carboxylic acids is 1. The number of carbonyl (C=O) groups is 1. The first-order valence-electron chi connectivity index (χ1n) is 3.39. The molecule has 0 heterocycles. The lowest BCUT2D eigenvalue weighted by Crippen LogP contribution is -2.10. The van der Waals surface area contributed by atoms with Gasteiger partial charge in [-0.3, -0.25) is 0 Å². The van der Waals surface area contributed by atoms with Gasteiger partial charge in [-0.1, -0.05) is 35.3 Å². The molecule has 0 aliphatic carbocycles. The van der Waals surface area contributed by atoms with Crippen molar-refractivity contribution >= 4 is 29.2 Å². The molecule has 0 amide bonds. The number of aliphatic hydroxyl groups excluding tert-OH is 1. The second kappa shape index (κ2) is 3.96. The van der Waals surface area contributed by atoms with Crippen LogP contribution in [0.2, 0.25) is 10.0 Å². The van der Waals surface area contributed by atoms with Crippen LogP contribution in [0, 0.1) is 0 Å². The molecule has 1 aromatic carbocycles. The number of benzene rings is 1. The molecule has 0 aromatic heterocycles. The number of rotatable bonds is 2. The lowest BCUT2D eigenvalue weighted by atomic mass is 10.1. The summed E-state index contributed by atoms with van der Waals surface area (Å²) >= 11 is 11.3. The molecule has 0 saturated carbocycles. The normalized spacial score (nSPS) is 12.5. The third-order valence-electron chi connectivity index (χ3n) is 1.51. The van der Waals surface area contributed by atoms with Crippen molar-refractivity contribution in [2.75, 3.05) is 0 Å². The zero-order valence-electron chi connectivity index (χ0n) is 6.37. The molecule has 5 heteroatoms. The molecule has 0 radical (unpaired) electrons. The molecule has 0 aliphatic rings. The van der Waals surface area contributed by atoms with E-state index in [9.17, 15) is 4.79 Å². The minimum absolute atomic E-state index is 0.0686. The van der Waals surface area contributed by atoms with Crippen LogP contribution < -0.4 is 0 Å². The van der Waals surface area contributed by atoms with E-state index in [0.29, 0.717) is 0 Å². The molecule has 0 aliphatic heterocycles. The highest BCUT2D eigenvalue weighted by Gasteiger charge is 2.19. The highest BCUT2D eigenvalue weighted by Crippen LogP contribution is 2.29. The number of carboxylic acid groups (broad SMARTS) is 1. The van der Waals surface area contributed by atoms with Crippen molar-refractivity contribution in [3.8, 4) is 0 Å². The predicted molar refractivity (Wildman–Crippen MR) is 49.1 cm³/mol. The van der Waals surface area contributed by atoms with E-state index in [2.05, 4.69) is 0 Å². The maximum absolute atomic E-state index is 10.4. The molecule has 1 aromatic rings. The Bertz CT molecular complexity index is 338. The van der Waals surface area contributed by atoms with Gasteiger partial charge < -0.3 is 10.2 Å². The molecule has 0 fully saturated rings. The van der Waals surface area contributed by atoms with Crippen molar-refractivity contribution in [3.63, 3.8) is 0 Å². The van der Waals surface area contributed by atoms with Crippen molar-refractivity contribution in [2.45, 2.75) is 6.10 Å². The van der Waals surface area contributed by atoms with Gasteiger partial charge in [0.15, 0.2) is 6.10 Å². The van der Waals surface area contributed by atoms with Crippen molar-refractivity contribution in [1.29, 1.82) is 0 Å². The highest BCUT2D eigenvalue weighted by molar-refractivity contribution is 6.42. The summed E-state index contributed by atoms with van der Waals surface area (Å²) < 4.78 is 0. The van der Waals surface area contributed by atoms with Gasteiger partial charge >= 0.3 is 5.97 Å². The van der Waals surface area contributed by atoms with E-state index in [1.165, 1.54) is 18.2 Å². The molecule has 0 bridgehead atoms. The monoisotopic (exact) mass is 220 g/mol. The summed E-state index contributed by atoms with van der Waals surface area (Å²) in [5, 5.41) is 17.9. The first-order chi connectivity index (χ1) is 6.04. The molecule has 13 heavy (non-hydrogen) atoms. The largest absolute Gasteiger partial charge is 0.479 e. The Kier molecular flexibility index (Phi) is 3.14. The van der Waals surface area contributed by atoms with E-state index in [4.69, 9.17) is 33.4 Å². The molecule has 3 nitrogen and oxygen atoms in total. The van der Waals surface area contributed by atoms with Gasteiger partial charge in [0.05, 0.1) is 10.0 Å². The summed E-state index contributed by atoms with van der Waals surface area (Å²) in [6.07, 6.45) is -1.63. The molecular weight excluding hydrogens is 215 g/mol. The Labute approximate surface area is 84.5 Å². The topological polar surface area (TPSA) is 57.5 Å². The van der Waals surface area contributed by atoms with Crippen LogP contribution in [0.5, 0.6) is 0 Å².